The van der Waals surface area contributed by atoms with Gasteiger partial charge in [0, 0.05) is 6.04 Å². The number of carbonyl (C=O) groups excluding carboxylic acids is 3. The van der Waals surface area contributed by atoms with E-state index in [1.807, 2.05) is 51.3 Å². The van der Waals surface area contributed by atoms with Gasteiger partial charge in [0.2, 0.25) is 5.91 Å². The predicted octanol–water partition coefficient (Wildman–Crippen LogP) is 6.85. The van der Waals surface area contributed by atoms with Crippen molar-refractivity contribution in [3.8, 4) is 0 Å². The van der Waals surface area contributed by atoms with E-state index in [-0.39, 0.29) is 11.9 Å². The summed E-state index contributed by atoms with van der Waals surface area (Å²) in [5, 5.41) is 6.09. The Balaban J connectivity index is 2.58. The molecule has 212 valence electrons. The molecule has 0 heterocycles. The molecule has 2 rings (SSSR count). The summed E-state index contributed by atoms with van der Waals surface area (Å²) in [4.78, 5) is 42.4. The zero-order chi connectivity index (χ0) is 29.3. The SMILES string of the molecule is C=Cc1cccc(C(C(=O)Nc2c(C)cccc2Cl)N(C(=O)C(CCSC)NC(=O)OC(C)(C)C)C(C)C)c1. The molecule has 7 nitrogen and oxygen atoms in total. The lowest BCUT2D eigenvalue weighted by atomic mass is 9.98. The van der Waals surface area contributed by atoms with Crippen LogP contribution in [0.1, 0.15) is 63.8 Å². The second kappa shape index (κ2) is 14.4. The van der Waals surface area contributed by atoms with Gasteiger partial charge in [-0.25, -0.2) is 4.79 Å². The number of amides is 3. The molecule has 2 atom stereocenters. The highest BCUT2D eigenvalue weighted by Crippen LogP contribution is 2.31. The number of thioether (sulfide) groups is 1. The Kier molecular flexibility index (Phi) is 11.9. The lowest BCUT2D eigenvalue weighted by Crippen LogP contribution is -2.54. The van der Waals surface area contributed by atoms with Crippen molar-refractivity contribution in [3.05, 3.63) is 70.8 Å². The van der Waals surface area contributed by atoms with Gasteiger partial charge in [-0.05, 0) is 88.8 Å². The highest BCUT2D eigenvalue weighted by atomic mass is 35.5. The molecule has 2 N–H and O–H groups in total. The zero-order valence-corrected chi connectivity index (χ0v) is 25.4. The number of para-hydroxylation sites is 1. The molecule has 0 aliphatic carbocycles. The number of nitrogens with one attached hydrogen (secondary N) is 2. The molecule has 9 heteroatoms. The second-order valence-corrected chi connectivity index (χ2v) is 11.9. The van der Waals surface area contributed by atoms with Gasteiger partial charge in [-0.1, -0.05) is 54.6 Å². The number of halogens is 1. The summed E-state index contributed by atoms with van der Waals surface area (Å²) in [6, 6.07) is 10.4. The van der Waals surface area contributed by atoms with Crippen LogP contribution in [0, 0.1) is 6.92 Å². The van der Waals surface area contributed by atoms with Gasteiger partial charge in [-0.2, -0.15) is 11.8 Å². The molecular formula is C30H40ClN3O4S. The quantitative estimate of drug-likeness (QED) is 0.307. The number of rotatable bonds is 11. The summed E-state index contributed by atoms with van der Waals surface area (Å²) in [5.74, 6) is -0.181. The summed E-state index contributed by atoms with van der Waals surface area (Å²) >= 11 is 7.98. The maximum Gasteiger partial charge on any atom is 0.408 e. The lowest BCUT2D eigenvalue weighted by Gasteiger charge is -2.37. The standard InChI is InChI=1S/C30H40ClN3O4S/c1-9-21-13-11-14-22(18-21)26(27(35)33-25-20(4)12-10-15-23(25)31)34(19(2)3)28(36)24(16-17-39-8)32-29(37)38-30(5,6)7/h9-15,18-19,24,26H,1,16-17H2,2-8H3,(H,32,37)(H,33,35). The maximum absolute atomic E-state index is 14.2. The number of hydrogen-bond donors (Lipinski definition) is 2. The van der Waals surface area contributed by atoms with Crippen LogP contribution in [0.15, 0.2) is 49.0 Å². The van der Waals surface area contributed by atoms with Crippen molar-refractivity contribution in [2.24, 2.45) is 0 Å². The first kappa shape index (κ1) is 32.2. The Morgan fingerprint density at radius 2 is 1.82 bits per heavy atom. The van der Waals surface area contributed by atoms with Crippen LogP contribution >= 0.6 is 23.4 Å². The summed E-state index contributed by atoms with van der Waals surface area (Å²) in [6.07, 6.45) is 3.29. The predicted molar refractivity (Wildman–Crippen MR) is 162 cm³/mol. The third-order valence-electron chi connectivity index (χ3n) is 5.87. The third kappa shape index (κ3) is 9.32. The second-order valence-electron chi connectivity index (χ2n) is 10.5. The van der Waals surface area contributed by atoms with Crippen molar-refractivity contribution in [2.45, 2.75) is 71.7 Å². The van der Waals surface area contributed by atoms with Crippen LogP contribution in [0.2, 0.25) is 5.02 Å². The monoisotopic (exact) mass is 573 g/mol. The van der Waals surface area contributed by atoms with Crippen LogP contribution in [0.25, 0.3) is 6.08 Å². The fraction of sp³-hybridized carbons (Fsp3) is 0.433. The molecule has 39 heavy (non-hydrogen) atoms. The molecule has 2 aromatic carbocycles. The highest BCUT2D eigenvalue weighted by molar-refractivity contribution is 7.98. The molecule has 2 aromatic rings. The summed E-state index contributed by atoms with van der Waals surface area (Å²) in [7, 11) is 0. The number of anilines is 1. The van der Waals surface area contributed by atoms with E-state index < -0.39 is 29.7 Å². The average molecular weight is 574 g/mol. The van der Waals surface area contributed by atoms with Gasteiger partial charge >= 0.3 is 6.09 Å². The van der Waals surface area contributed by atoms with Crippen molar-refractivity contribution >= 4 is 53.0 Å². The molecule has 0 aliphatic heterocycles. The molecule has 0 aliphatic rings. The number of aryl methyl sites for hydroxylation is 1. The first-order valence-corrected chi connectivity index (χ1v) is 14.6. The molecule has 3 amide bonds. The summed E-state index contributed by atoms with van der Waals surface area (Å²) in [6.45, 7) is 14.7. The topological polar surface area (TPSA) is 87.7 Å². The van der Waals surface area contributed by atoms with Crippen LogP contribution in [0.4, 0.5) is 10.5 Å². The first-order chi connectivity index (χ1) is 18.3. The minimum Gasteiger partial charge on any atom is -0.444 e. The normalized spacial score (nSPS) is 12.8. The van der Waals surface area contributed by atoms with Gasteiger partial charge < -0.3 is 20.3 Å². The average Bonchev–Trinajstić information content (AvgIpc) is 2.85. The minimum atomic E-state index is -1.01. The van der Waals surface area contributed by atoms with E-state index in [0.29, 0.717) is 28.4 Å². The smallest absolute Gasteiger partial charge is 0.408 e. The van der Waals surface area contributed by atoms with Crippen LogP contribution < -0.4 is 10.6 Å². The van der Waals surface area contributed by atoms with Crippen LogP contribution in [-0.2, 0) is 14.3 Å². The fourth-order valence-corrected chi connectivity index (χ4v) is 4.82. The van der Waals surface area contributed by atoms with E-state index in [9.17, 15) is 14.4 Å². The fourth-order valence-electron chi connectivity index (χ4n) is 4.08. The summed E-state index contributed by atoms with van der Waals surface area (Å²) < 4.78 is 5.43. The Hall–Kier alpha value is -2.97. The minimum absolute atomic E-state index is 0.368. The van der Waals surface area contributed by atoms with Gasteiger partial charge in [-0.3, -0.25) is 9.59 Å². The maximum atomic E-state index is 14.2. The zero-order valence-electron chi connectivity index (χ0n) is 23.8. The van der Waals surface area contributed by atoms with Crippen LogP contribution in [0.5, 0.6) is 0 Å². The van der Waals surface area contributed by atoms with Crippen molar-refractivity contribution in [2.75, 3.05) is 17.3 Å². The molecule has 2 unspecified atom stereocenters. The van der Waals surface area contributed by atoms with E-state index >= 15 is 0 Å². The molecular weight excluding hydrogens is 534 g/mol. The largest absolute Gasteiger partial charge is 0.444 e. The van der Waals surface area contributed by atoms with Crippen LogP contribution in [0.3, 0.4) is 0 Å². The van der Waals surface area contributed by atoms with E-state index in [1.54, 1.807) is 56.8 Å². The number of nitrogens with zero attached hydrogens (tertiary/aromatic N) is 1. The van der Waals surface area contributed by atoms with Gasteiger partial charge in [0.15, 0.2) is 0 Å². The lowest BCUT2D eigenvalue weighted by molar-refractivity contribution is -0.143. The van der Waals surface area contributed by atoms with Crippen molar-refractivity contribution in [1.29, 1.82) is 0 Å². The molecule has 0 saturated heterocycles. The molecule has 0 aromatic heterocycles. The Morgan fingerprint density at radius 3 is 2.38 bits per heavy atom. The van der Waals surface area contributed by atoms with Crippen molar-refractivity contribution < 1.29 is 19.1 Å². The van der Waals surface area contributed by atoms with E-state index in [2.05, 4.69) is 17.2 Å². The Labute approximate surface area is 241 Å². The van der Waals surface area contributed by atoms with Gasteiger partial charge in [0.25, 0.3) is 5.91 Å². The molecule has 0 radical (unpaired) electrons. The Morgan fingerprint density at radius 1 is 1.15 bits per heavy atom. The molecule has 0 fully saturated rings. The van der Waals surface area contributed by atoms with Crippen molar-refractivity contribution in [1.82, 2.24) is 10.2 Å². The molecule has 0 spiro atoms. The van der Waals surface area contributed by atoms with E-state index in [4.69, 9.17) is 16.3 Å². The number of carbonyl (C=O) groups is 3. The number of benzene rings is 2. The summed E-state index contributed by atoms with van der Waals surface area (Å²) in [5.41, 5.74) is 1.96. The van der Waals surface area contributed by atoms with Crippen molar-refractivity contribution in [3.63, 3.8) is 0 Å². The third-order valence-corrected chi connectivity index (χ3v) is 6.83. The van der Waals surface area contributed by atoms with Gasteiger partial charge in [-0.15, -0.1) is 0 Å². The highest BCUT2D eigenvalue weighted by Gasteiger charge is 2.38. The van der Waals surface area contributed by atoms with E-state index in [0.717, 1.165) is 11.1 Å². The molecule has 0 saturated carbocycles. The van der Waals surface area contributed by atoms with Gasteiger partial charge in [0.1, 0.15) is 17.7 Å². The first-order valence-electron chi connectivity index (χ1n) is 12.9. The van der Waals surface area contributed by atoms with E-state index in [1.165, 1.54) is 4.90 Å². The number of ether oxygens (including phenoxy) is 1. The van der Waals surface area contributed by atoms with Crippen LogP contribution in [-0.4, -0.2) is 52.5 Å². The number of hydrogen-bond acceptors (Lipinski definition) is 5. The van der Waals surface area contributed by atoms with Gasteiger partial charge in [0.05, 0.1) is 10.7 Å². The Bertz CT molecular complexity index is 1160. The number of alkyl carbamates (subject to hydrolysis) is 1. The molecule has 0 bridgehead atoms.